The maximum atomic E-state index is 5.75. The predicted octanol–water partition coefficient (Wildman–Crippen LogP) is 2.65. The summed E-state index contributed by atoms with van der Waals surface area (Å²) >= 11 is 0. The van der Waals surface area contributed by atoms with Gasteiger partial charge in [0, 0.05) is 26.2 Å². The quantitative estimate of drug-likeness (QED) is 0.742. The largest absolute Gasteiger partial charge is 0.492 e. The first-order valence-corrected chi connectivity index (χ1v) is 7.47. The van der Waals surface area contributed by atoms with E-state index in [1.807, 2.05) is 30.3 Å². The fourth-order valence-corrected chi connectivity index (χ4v) is 2.39. The molecule has 0 unspecified atom stereocenters. The van der Waals surface area contributed by atoms with E-state index in [0.29, 0.717) is 0 Å². The number of benzene rings is 1. The number of hydrogen-bond donors (Lipinski definition) is 0. The van der Waals surface area contributed by atoms with Crippen LogP contribution in [0.3, 0.4) is 0 Å². The zero-order valence-electron chi connectivity index (χ0n) is 12.7. The molecule has 1 aliphatic rings. The lowest BCUT2D eigenvalue weighted by Crippen LogP contribution is -2.34. The SMILES string of the molecule is CN(C)CC=C1CCN(CCOc2ccccc2)CC1. The lowest BCUT2D eigenvalue weighted by molar-refractivity contribution is 0.199. The molecule has 0 atom stereocenters. The van der Waals surface area contributed by atoms with Crippen LogP contribution in [0.1, 0.15) is 12.8 Å². The maximum Gasteiger partial charge on any atom is 0.119 e. The van der Waals surface area contributed by atoms with Gasteiger partial charge in [-0.2, -0.15) is 0 Å². The Morgan fingerprint density at radius 2 is 1.85 bits per heavy atom. The van der Waals surface area contributed by atoms with Crippen molar-refractivity contribution in [3.63, 3.8) is 0 Å². The third kappa shape index (κ3) is 5.35. The van der Waals surface area contributed by atoms with Gasteiger partial charge in [-0.15, -0.1) is 0 Å². The van der Waals surface area contributed by atoms with Crippen molar-refractivity contribution < 1.29 is 4.74 Å². The van der Waals surface area contributed by atoms with Gasteiger partial charge in [0.25, 0.3) is 0 Å². The first kappa shape index (κ1) is 15.1. The van der Waals surface area contributed by atoms with Crippen molar-refractivity contribution in [3.05, 3.63) is 42.0 Å². The molecule has 0 aromatic heterocycles. The first-order chi connectivity index (χ1) is 9.74. The summed E-state index contributed by atoms with van der Waals surface area (Å²) in [6.07, 6.45) is 4.80. The molecule has 0 spiro atoms. The molecule has 0 saturated carbocycles. The number of para-hydroxylation sites is 1. The number of ether oxygens (including phenoxy) is 1. The fourth-order valence-electron chi connectivity index (χ4n) is 2.39. The second-order valence-electron chi connectivity index (χ2n) is 5.63. The molecule has 1 fully saturated rings. The van der Waals surface area contributed by atoms with E-state index in [1.165, 1.54) is 12.8 Å². The molecule has 3 nitrogen and oxygen atoms in total. The molecule has 1 aliphatic heterocycles. The van der Waals surface area contributed by atoms with Crippen LogP contribution in [-0.4, -0.2) is 56.7 Å². The van der Waals surface area contributed by atoms with Crippen LogP contribution < -0.4 is 4.74 Å². The number of likely N-dealkylation sites (N-methyl/N-ethyl adjacent to an activating group) is 1. The van der Waals surface area contributed by atoms with Gasteiger partial charge in [0.15, 0.2) is 0 Å². The van der Waals surface area contributed by atoms with Crippen molar-refractivity contribution in [2.45, 2.75) is 12.8 Å². The van der Waals surface area contributed by atoms with Crippen LogP contribution in [0, 0.1) is 0 Å². The molecule has 0 N–H and O–H groups in total. The molecule has 110 valence electrons. The summed E-state index contributed by atoms with van der Waals surface area (Å²) in [4.78, 5) is 4.71. The molecule has 0 bridgehead atoms. The second kappa shape index (κ2) is 8.08. The van der Waals surface area contributed by atoms with Gasteiger partial charge in [-0.1, -0.05) is 29.8 Å². The Morgan fingerprint density at radius 3 is 2.50 bits per heavy atom. The van der Waals surface area contributed by atoms with E-state index in [2.05, 4.69) is 30.0 Å². The third-order valence-electron chi connectivity index (χ3n) is 3.66. The molecule has 3 heteroatoms. The molecule has 20 heavy (non-hydrogen) atoms. The Hall–Kier alpha value is -1.32. The number of hydrogen-bond acceptors (Lipinski definition) is 3. The average molecular weight is 274 g/mol. The molecule has 2 rings (SSSR count). The molecular formula is C17H26N2O. The first-order valence-electron chi connectivity index (χ1n) is 7.47. The lowest BCUT2D eigenvalue weighted by atomic mass is 10.0. The summed E-state index contributed by atoms with van der Waals surface area (Å²) in [5.41, 5.74) is 1.61. The molecule has 0 radical (unpaired) electrons. The van der Waals surface area contributed by atoms with Gasteiger partial charge >= 0.3 is 0 Å². The Labute approximate surface area is 122 Å². The van der Waals surface area contributed by atoms with Gasteiger partial charge < -0.3 is 9.64 Å². The van der Waals surface area contributed by atoms with Crippen molar-refractivity contribution in [1.29, 1.82) is 0 Å². The van der Waals surface area contributed by atoms with Crippen LogP contribution in [0.4, 0.5) is 0 Å². The lowest BCUT2D eigenvalue weighted by Gasteiger charge is -2.28. The Balaban J connectivity index is 1.63. The van der Waals surface area contributed by atoms with Gasteiger partial charge in [-0.05, 0) is 39.1 Å². The molecule has 1 aromatic carbocycles. The smallest absolute Gasteiger partial charge is 0.119 e. The van der Waals surface area contributed by atoms with Crippen LogP contribution in [0.5, 0.6) is 5.75 Å². The Bertz CT molecular complexity index is 404. The van der Waals surface area contributed by atoms with E-state index in [1.54, 1.807) is 5.57 Å². The monoisotopic (exact) mass is 274 g/mol. The minimum absolute atomic E-state index is 0.779. The third-order valence-corrected chi connectivity index (χ3v) is 3.66. The highest BCUT2D eigenvalue weighted by molar-refractivity contribution is 5.20. The van der Waals surface area contributed by atoms with Crippen molar-refractivity contribution in [2.75, 3.05) is 46.9 Å². The van der Waals surface area contributed by atoms with Crippen LogP contribution >= 0.6 is 0 Å². The molecule has 0 aliphatic carbocycles. The van der Waals surface area contributed by atoms with E-state index in [9.17, 15) is 0 Å². The second-order valence-corrected chi connectivity index (χ2v) is 5.63. The highest BCUT2D eigenvalue weighted by atomic mass is 16.5. The van der Waals surface area contributed by atoms with Gasteiger partial charge in [-0.25, -0.2) is 0 Å². The summed E-state index contributed by atoms with van der Waals surface area (Å²) < 4.78 is 5.75. The Morgan fingerprint density at radius 1 is 1.15 bits per heavy atom. The summed E-state index contributed by atoms with van der Waals surface area (Å²) in [5, 5.41) is 0. The van der Waals surface area contributed by atoms with Crippen molar-refractivity contribution >= 4 is 0 Å². The summed E-state index contributed by atoms with van der Waals surface area (Å²) in [5.74, 6) is 0.969. The van der Waals surface area contributed by atoms with E-state index in [-0.39, 0.29) is 0 Å². The number of likely N-dealkylation sites (tertiary alicyclic amines) is 1. The maximum absolute atomic E-state index is 5.75. The van der Waals surface area contributed by atoms with Crippen LogP contribution in [-0.2, 0) is 0 Å². The van der Waals surface area contributed by atoms with Crippen LogP contribution in [0.15, 0.2) is 42.0 Å². The molecular weight excluding hydrogens is 248 g/mol. The predicted molar refractivity (Wildman–Crippen MR) is 84.2 cm³/mol. The average Bonchev–Trinajstić information content (AvgIpc) is 2.47. The highest BCUT2D eigenvalue weighted by Crippen LogP contribution is 2.16. The minimum atomic E-state index is 0.779. The topological polar surface area (TPSA) is 15.7 Å². The molecule has 1 aromatic rings. The molecule has 0 amide bonds. The zero-order valence-corrected chi connectivity index (χ0v) is 12.7. The van der Waals surface area contributed by atoms with E-state index in [0.717, 1.165) is 38.5 Å². The minimum Gasteiger partial charge on any atom is -0.492 e. The van der Waals surface area contributed by atoms with Gasteiger partial charge in [-0.3, -0.25) is 4.90 Å². The Kier molecular flexibility index (Phi) is 6.09. The van der Waals surface area contributed by atoms with Crippen molar-refractivity contribution in [2.24, 2.45) is 0 Å². The normalized spacial score (nSPS) is 16.4. The van der Waals surface area contributed by atoms with Gasteiger partial charge in [0.05, 0.1) is 0 Å². The van der Waals surface area contributed by atoms with Gasteiger partial charge in [0.1, 0.15) is 12.4 Å². The van der Waals surface area contributed by atoms with E-state index >= 15 is 0 Å². The van der Waals surface area contributed by atoms with Crippen molar-refractivity contribution in [1.82, 2.24) is 9.80 Å². The standard InChI is InChI=1S/C17H26N2O/c1-18(2)11-8-16-9-12-19(13-10-16)14-15-20-17-6-4-3-5-7-17/h3-8H,9-15H2,1-2H3. The van der Waals surface area contributed by atoms with Gasteiger partial charge in [0.2, 0.25) is 0 Å². The highest BCUT2D eigenvalue weighted by Gasteiger charge is 2.13. The number of nitrogens with zero attached hydrogens (tertiary/aromatic N) is 2. The van der Waals surface area contributed by atoms with Crippen LogP contribution in [0.25, 0.3) is 0 Å². The van der Waals surface area contributed by atoms with Crippen LogP contribution in [0.2, 0.25) is 0 Å². The molecule has 1 heterocycles. The van der Waals surface area contributed by atoms with Crippen molar-refractivity contribution in [3.8, 4) is 5.75 Å². The fraction of sp³-hybridized carbons (Fsp3) is 0.529. The molecule has 1 saturated heterocycles. The van der Waals surface area contributed by atoms with E-state index < -0.39 is 0 Å². The van der Waals surface area contributed by atoms with E-state index in [4.69, 9.17) is 4.74 Å². The summed E-state index contributed by atoms with van der Waals surface area (Å²) in [7, 11) is 4.24. The summed E-state index contributed by atoms with van der Waals surface area (Å²) in [6.45, 7) is 5.19. The summed E-state index contributed by atoms with van der Waals surface area (Å²) in [6, 6.07) is 10.1. The zero-order chi connectivity index (χ0) is 14.2. The number of piperidine rings is 1. The number of rotatable bonds is 6.